The molecular formula is C13H11N3O2S. The fourth-order valence-electron chi connectivity index (χ4n) is 1.87. The molecule has 0 unspecified atom stereocenters. The monoisotopic (exact) mass is 273 g/mol. The highest BCUT2D eigenvalue weighted by molar-refractivity contribution is 7.17. The summed E-state index contributed by atoms with van der Waals surface area (Å²) in [4.78, 5) is 20.3. The van der Waals surface area contributed by atoms with Gasteiger partial charge in [-0.05, 0) is 17.5 Å². The van der Waals surface area contributed by atoms with Crippen molar-refractivity contribution in [1.29, 1.82) is 0 Å². The van der Waals surface area contributed by atoms with Crippen LogP contribution in [0.25, 0.3) is 10.2 Å². The van der Waals surface area contributed by atoms with E-state index in [1.165, 1.54) is 22.2 Å². The van der Waals surface area contributed by atoms with Gasteiger partial charge >= 0.3 is 0 Å². The Bertz CT molecular complexity index is 751. The molecule has 1 atom stereocenters. The maximum absolute atomic E-state index is 12.2. The second-order valence-corrected chi connectivity index (χ2v) is 5.06. The van der Waals surface area contributed by atoms with Crippen molar-refractivity contribution in [2.75, 3.05) is 0 Å². The number of rotatable bonds is 3. The van der Waals surface area contributed by atoms with E-state index in [4.69, 9.17) is 0 Å². The molecule has 0 amide bonds. The molecule has 3 heterocycles. The van der Waals surface area contributed by atoms with E-state index in [-0.39, 0.29) is 12.1 Å². The molecular weight excluding hydrogens is 262 g/mol. The summed E-state index contributed by atoms with van der Waals surface area (Å²) in [7, 11) is 0. The molecule has 0 aliphatic rings. The van der Waals surface area contributed by atoms with Crippen molar-refractivity contribution < 1.29 is 5.11 Å². The number of pyridine rings is 1. The molecule has 5 nitrogen and oxygen atoms in total. The largest absolute Gasteiger partial charge is 0.386 e. The van der Waals surface area contributed by atoms with Gasteiger partial charge < -0.3 is 5.11 Å². The number of fused-ring (bicyclic) bond motifs is 1. The van der Waals surface area contributed by atoms with Crippen LogP contribution in [-0.4, -0.2) is 19.6 Å². The second kappa shape index (κ2) is 4.91. The van der Waals surface area contributed by atoms with Gasteiger partial charge in [0.1, 0.15) is 4.70 Å². The Morgan fingerprint density at radius 3 is 3.11 bits per heavy atom. The Hall–Kier alpha value is -2.05. The molecule has 3 rings (SSSR count). The maximum atomic E-state index is 12.2. The molecule has 6 heteroatoms. The lowest BCUT2D eigenvalue weighted by Crippen LogP contribution is -2.23. The zero-order chi connectivity index (χ0) is 13.2. The van der Waals surface area contributed by atoms with Crippen LogP contribution in [-0.2, 0) is 6.54 Å². The van der Waals surface area contributed by atoms with E-state index in [9.17, 15) is 9.90 Å². The second-order valence-electron chi connectivity index (χ2n) is 4.14. The summed E-state index contributed by atoms with van der Waals surface area (Å²) in [6.07, 6.45) is 3.93. The predicted octanol–water partition coefficient (Wildman–Crippen LogP) is 1.59. The van der Waals surface area contributed by atoms with E-state index in [1.807, 2.05) is 11.4 Å². The Balaban J connectivity index is 1.93. The fraction of sp³-hybridized carbons (Fsp3) is 0.154. The van der Waals surface area contributed by atoms with E-state index >= 15 is 0 Å². The molecule has 19 heavy (non-hydrogen) atoms. The minimum absolute atomic E-state index is 0.122. The van der Waals surface area contributed by atoms with Crippen molar-refractivity contribution in [2.24, 2.45) is 0 Å². The van der Waals surface area contributed by atoms with Crippen LogP contribution in [0.5, 0.6) is 0 Å². The van der Waals surface area contributed by atoms with Crippen LogP contribution < -0.4 is 5.56 Å². The first-order chi connectivity index (χ1) is 9.25. The summed E-state index contributed by atoms with van der Waals surface area (Å²) in [5.74, 6) is 0. The van der Waals surface area contributed by atoms with E-state index < -0.39 is 6.10 Å². The smallest absolute Gasteiger partial charge is 0.271 e. The van der Waals surface area contributed by atoms with Gasteiger partial charge in [0.15, 0.2) is 0 Å². The molecule has 0 spiro atoms. The number of thiophene rings is 1. The fourth-order valence-corrected chi connectivity index (χ4v) is 2.67. The molecule has 96 valence electrons. The van der Waals surface area contributed by atoms with Crippen molar-refractivity contribution in [3.05, 3.63) is 58.2 Å². The SMILES string of the molecule is O=c1c2sccc2ncn1C[C@H](O)c1cccnc1. The first-order valence-corrected chi connectivity index (χ1v) is 6.64. The first kappa shape index (κ1) is 12.0. The highest BCUT2D eigenvalue weighted by atomic mass is 32.1. The molecule has 1 N–H and O–H groups in total. The molecule has 0 saturated carbocycles. The minimum Gasteiger partial charge on any atom is -0.386 e. The topological polar surface area (TPSA) is 68.0 Å². The predicted molar refractivity (Wildman–Crippen MR) is 73.1 cm³/mol. The van der Waals surface area contributed by atoms with E-state index in [2.05, 4.69) is 9.97 Å². The number of aliphatic hydroxyl groups excluding tert-OH is 1. The quantitative estimate of drug-likeness (QED) is 0.787. The van der Waals surface area contributed by atoms with Gasteiger partial charge in [0, 0.05) is 18.0 Å². The van der Waals surface area contributed by atoms with Crippen LogP contribution in [0.15, 0.2) is 47.1 Å². The van der Waals surface area contributed by atoms with Crippen LogP contribution in [0.3, 0.4) is 0 Å². The number of hydrogen-bond donors (Lipinski definition) is 1. The van der Waals surface area contributed by atoms with Crippen LogP contribution in [0.4, 0.5) is 0 Å². The third-order valence-corrected chi connectivity index (χ3v) is 3.77. The molecule has 0 fully saturated rings. The Morgan fingerprint density at radius 2 is 2.32 bits per heavy atom. The molecule has 0 aromatic carbocycles. The lowest BCUT2D eigenvalue weighted by Gasteiger charge is -2.12. The van der Waals surface area contributed by atoms with Crippen LogP contribution >= 0.6 is 11.3 Å². The molecule has 0 bridgehead atoms. The van der Waals surface area contributed by atoms with Gasteiger partial charge in [0.2, 0.25) is 0 Å². The van der Waals surface area contributed by atoms with E-state index in [0.717, 1.165) is 0 Å². The third kappa shape index (κ3) is 2.27. The van der Waals surface area contributed by atoms with Crippen molar-refractivity contribution in [3.8, 4) is 0 Å². The van der Waals surface area contributed by atoms with Gasteiger partial charge in [-0.15, -0.1) is 11.3 Å². The zero-order valence-corrected chi connectivity index (χ0v) is 10.7. The number of nitrogens with zero attached hydrogens (tertiary/aromatic N) is 3. The Kier molecular flexibility index (Phi) is 3.10. The molecule has 3 aromatic rings. The average molecular weight is 273 g/mol. The number of aromatic nitrogens is 3. The highest BCUT2D eigenvalue weighted by Crippen LogP contribution is 2.15. The minimum atomic E-state index is -0.773. The molecule has 3 aromatic heterocycles. The summed E-state index contributed by atoms with van der Waals surface area (Å²) in [5, 5.41) is 11.9. The Morgan fingerprint density at radius 1 is 1.42 bits per heavy atom. The van der Waals surface area contributed by atoms with Crippen molar-refractivity contribution in [2.45, 2.75) is 12.6 Å². The summed E-state index contributed by atoms with van der Waals surface area (Å²) >= 11 is 1.36. The summed E-state index contributed by atoms with van der Waals surface area (Å²) in [5.41, 5.74) is 1.26. The lowest BCUT2D eigenvalue weighted by atomic mass is 10.1. The van der Waals surface area contributed by atoms with Crippen molar-refractivity contribution >= 4 is 21.6 Å². The summed E-state index contributed by atoms with van der Waals surface area (Å²) < 4.78 is 2.04. The molecule has 0 saturated heterocycles. The van der Waals surface area contributed by atoms with Gasteiger partial charge in [0.05, 0.1) is 24.5 Å². The molecule has 0 aliphatic carbocycles. The van der Waals surface area contributed by atoms with E-state index in [1.54, 1.807) is 24.5 Å². The van der Waals surface area contributed by atoms with Crippen LogP contribution in [0.2, 0.25) is 0 Å². The number of hydrogen-bond acceptors (Lipinski definition) is 5. The van der Waals surface area contributed by atoms with Crippen molar-refractivity contribution in [3.63, 3.8) is 0 Å². The third-order valence-electron chi connectivity index (χ3n) is 2.87. The molecule has 0 radical (unpaired) electrons. The summed E-state index contributed by atoms with van der Waals surface area (Å²) in [6.45, 7) is 0.172. The van der Waals surface area contributed by atoms with Crippen LogP contribution in [0.1, 0.15) is 11.7 Å². The summed E-state index contributed by atoms with van der Waals surface area (Å²) in [6, 6.07) is 5.34. The normalized spacial score (nSPS) is 12.7. The maximum Gasteiger partial charge on any atom is 0.271 e. The number of aliphatic hydroxyl groups is 1. The van der Waals surface area contributed by atoms with Gasteiger partial charge in [-0.3, -0.25) is 14.3 Å². The van der Waals surface area contributed by atoms with E-state index in [0.29, 0.717) is 15.8 Å². The molecule has 0 aliphatic heterocycles. The van der Waals surface area contributed by atoms with Crippen molar-refractivity contribution in [1.82, 2.24) is 14.5 Å². The standard InChI is InChI=1S/C13H11N3O2S/c17-11(9-2-1-4-14-6-9)7-16-8-15-10-3-5-19-12(10)13(16)18/h1-6,8,11,17H,7H2/t11-/m0/s1. The van der Waals surface area contributed by atoms with Gasteiger partial charge in [-0.25, -0.2) is 4.98 Å². The average Bonchev–Trinajstić information content (AvgIpc) is 2.92. The Labute approximate surface area is 112 Å². The lowest BCUT2D eigenvalue weighted by molar-refractivity contribution is 0.154. The van der Waals surface area contributed by atoms with Gasteiger partial charge in [0.25, 0.3) is 5.56 Å². The van der Waals surface area contributed by atoms with Crippen LogP contribution in [0, 0.1) is 0 Å². The first-order valence-electron chi connectivity index (χ1n) is 5.76. The van der Waals surface area contributed by atoms with Gasteiger partial charge in [-0.2, -0.15) is 0 Å². The highest BCUT2D eigenvalue weighted by Gasteiger charge is 2.11. The zero-order valence-electron chi connectivity index (χ0n) is 9.93. The van der Waals surface area contributed by atoms with Gasteiger partial charge in [-0.1, -0.05) is 6.07 Å².